The standard InChI is InChI=1S/C15H27N3O3/c1-6-10(7-2)18-13(20)8-11(14(18)21)16-9-12(19)17-15(3,4)5/h10-11,16H,6-9H2,1-5H3,(H,17,19). The van der Waals surface area contributed by atoms with E-state index in [0.717, 1.165) is 12.8 Å². The molecule has 21 heavy (non-hydrogen) atoms. The summed E-state index contributed by atoms with van der Waals surface area (Å²) in [6.07, 6.45) is 1.65. The lowest BCUT2D eigenvalue weighted by molar-refractivity contribution is -0.141. The monoisotopic (exact) mass is 297 g/mol. The topological polar surface area (TPSA) is 78.5 Å². The quantitative estimate of drug-likeness (QED) is 0.711. The normalized spacial score (nSPS) is 19.5. The average Bonchev–Trinajstić information content (AvgIpc) is 2.63. The molecule has 0 spiro atoms. The Balaban J connectivity index is 2.57. The molecule has 120 valence electrons. The number of imide groups is 1. The molecule has 1 atom stereocenters. The van der Waals surface area contributed by atoms with Gasteiger partial charge in [-0.25, -0.2) is 0 Å². The van der Waals surface area contributed by atoms with Crippen LogP contribution in [-0.4, -0.2) is 46.8 Å². The molecule has 1 heterocycles. The number of rotatable bonds is 6. The fraction of sp³-hybridized carbons (Fsp3) is 0.800. The lowest BCUT2D eigenvalue weighted by Gasteiger charge is -2.24. The SMILES string of the molecule is CCC(CC)N1C(=O)CC(NCC(=O)NC(C)(C)C)C1=O. The number of hydrogen-bond donors (Lipinski definition) is 2. The van der Waals surface area contributed by atoms with Crippen molar-refractivity contribution in [2.24, 2.45) is 0 Å². The minimum atomic E-state index is -0.580. The summed E-state index contributed by atoms with van der Waals surface area (Å²) in [6.45, 7) is 9.65. The summed E-state index contributed by atoms with van der Waals surface area (Å²) in [5.74, 6) is -0.538. The molecule has 3 amide bonds. The van der Waals surface area contributed by atoms with Gasteiger partial charge in [-0.05, 0) is 33.6 Å². The zero-order valence-corrected chi connectivity index (χ0v) is 13.7. The molecule has 0 aliphatic carbocycles. The summed E-state index contributed by atoms with van der Waals surface area (Å²) in [7, 11) is 0. The molecule has 2 N–H and O–H groups in total. The summed E-state index contributed by atoms with van der Waals surface area (Å²) >= 11 is 0. The van der Waals surface area contributed by atoms with E-state index in [1.54, 1.807) is 0 Å². The van der Waals surface area contributed by atoms with E-state index in [4.69, 9.17) is 0 Å². The number of amides is 3. The first kappa shape index (κ1) is 17.6. The third-order valence-electron chi connectivity index (χ3n) is 3.51. The third-order valence-corrected chi connectivity index (χ3v) is 3.51. The predicted molar refractivity (Wildman–Crippen MR) is 80.5 cm³/mol. The van der Waals surface area contributed by atoms with Crippen LogP contribution in [-0.2, 0) is 14.4 Å². The zero-order chi connectivity index (χ0) is 16.2. The van der Waals surface area contributed by atoms with Gasteiger partial charge in [-0.15, -0.1) is 0 Å². The van der Waals surface area contributed by atoms with Crippen LogP contribution in [0.3, 0.4) is 0 Å². The maximum absolute atomic E-state index is 12.3. The Kier molecular flexibility index (Phi) is 5.89. The molecule has 0 aromatic rings. The molecule has 0 saturated carbocycles. The number of nitrogens with one attached hydrogen (secondary N) is 2. The molecule has 1 aliphatic rings. The maximum Gasteiger partial charge on any atom is 0.247 e. The number of hydrogen-bond acceptors (Lipinski definition) is 4. The minimum absolute atomic E-state index is 0.0394. The molecule has 1 saturated heterocycles. The number of carbonyl (C=O) groups excluding carboxylic acids is 3. The van der Waals surface area contributed by atoms with Gasteiger partial charge in [0.25, 0.3) is 0 Å². The summed E-state index contributed by atoms with van der Waals surface area (Å²) in [5.41, 5.74) is -0.310. The molecule has 0 aromatic heterocycles. The van der Waals surface area contributed by atoms with E-state index >= 15 is 0 Å². The zero-order valence-electron chi connectivity index (χ0n) is 13.7. The van der Waals surface area contributed by atoms with Gasteiger partial charge in [-0.1, -0.05) is 13.8 Å². The van der Waals surface area contributed by atoms with Crippen LogP contribution in [0.1, 0.15) is 53.9 Å². The molecular weight excluding hydrogens is 270 g/mol. The van der Waals surface area contributed by atoms with Crippen molar-refractivity contribution in [3.05, 3.63) is 0 Å². The van der Waals surface area contributed by atoms with E-state index in [0.29, 0.717) is 0 Å². The smallest absolute Gasteiger partial charge is 0.247 e. The molecule has 1 aliphatic heterocycles. The van der Waals surface area contributed by atoms with Crippen molar-refractivity contribution >= 4 is 17.7 Å². The Morgan fingerprint density at radius 3 is 2.33 bits per heavy atom. The molecule has 1 fully saturated rings. The average molecular weight is 297 g/mol. The minimum Gasteiger partial charge on any atom is -0.350 e. The van der Waals surface area contributed by atoms with Crippen molar-refractivity contribution in [2.75, 3.05) is 6.54 Å². The highest BCUT2D eigenvalue weighted by Gasteiger charge is 2.41. The Bertz CT molecular complexity index is 411. The van der Waals surface area contributed by atoms with Gasteiger partial charge in [-0.2, -0.15) is 0 Å². The van der Waals surface area contributed by atoms with Crippen LogP contribution in [0.4, 0.5) is 0 Å². The molecule has 0 radical (unpaired) electrons. The highest BCUT2D eigenvalue weighted by atomic mass is 16.2. The van der Waals surface area contributed by atoms with Crippen LogP contribution in [0.25, 0.3) is 0 Å². The second kappa shape index (κ2) is 7.02. The highest BCUT2D eigenvalue weighted by Crippen LogP contribution is 2.19. The van der Waals surface area contributed by atoms with Crippen molar-refractivity contribution in [3.8, 4) is 0 Å². The van der Waals surface area contributed by atoms with Crippen LogP contribution in [0, 0.1) is 0 Å². The van der Waals surface area contributed by atoms with Gasteiger partial charge in [0.15, 0.2) is 0 Å². The van der Waals surface area contributed by atoms with Crippen LogP contribution in [0.2, 0.25) is 0 Å². The van der Waals surface area contributed by atoms with E-state index in [2.05, 4.69) is 10.6 Å². The second-order valence-corrected chi connectivity index (χ2v) is 6.51. The van der Waals surface area contributed by atoms with E-state index in [1.807, 2.05) is 34.6 Å². The number of nitrogens with zero attached hydrogens (tertiary/aromatic N) is 1. The van der Waals surface area contributed by atoms with Crippen molar-refractivity contribution in [3.63, 3.8) is 0 Å². The second-order valence-electron chi connectivity index (χ2n) is 6.51. The van der Waals surface area contributed by atoms with Gasteiger partial charge < -0.3 is 5.32 Å². The fourth-order valence-corrected chi connectivity index (χ4v) is 2.53. The van der Waals surface area contributed by atoms with Crippen molar-refractivity contribution < 1.29 is 14.4 Å². The molecule has 6 nitrogen and oxygen atoms in total. The maximum atomic E-state index is 12.3. The third kappa shape index (κ3) is 4.81. The first-order valence-corrected chi connectivity index (χ1v) is 7.59. The summed E-state index contributed by atoms with van der Waals surface area (Å²) in [6, 6.07) is -0.621. The molecule has 1 unspecified atom stereocenters. The van der Waals surface area contributed by atoms with Crippen molar-refractivity contribution in [1.82, 2.24) is 15.5 Å². The van der Waals surface area contributed by atoms with E-state index in [1.165, 1.54) is 4.90 Å². The first-order chi connectivity index (χ1) is 9.69. The van der Waals surface area contributed by atoms with E-state index < -0.39 is 6.04 Å². The highest BCUT2D eigenvalue weighted by molar-refractivity contribution is 6.06. The Morgan fingerprint density at radius 2 is 1.86 bits per heavy atom. The van der Waals surface area contributed by atoms with Gasteiger partial charge in [0, 0.05) is 11.6 Å². The number of likely N-dealkylation sites (tertiary alicyclic amines) is 1. The van der Waals surface area contributed by atoms with Crippen LogP contribution < -0.4 is 10.6 Å². The van der Waals surface area contributed by atoms with Crippen LogP contribution in [0.15, 0.2) is 0 Å². The van der Waals surface area contributed by atoms with Gasteiger partial charge in [0.05, 0.1) is 19.0 Å². The molecular formula is C15H27N3O3. The Labute approximate surface area is 126 Å². The summed E-state index contributed by atoms with van der Waals surface area (Å²) in [4.78, 5) is 37.4. The van der Waals surface area contributed by atoms with Crippen LogP contribution in [0.5, 0.6) is 0 Å². The van der Waals surface area contributed by atoms with Gasteiger partial charge >= 0.3 is 0 Å². The largest absolute Gasteiger partial charge is 0.350 e. The molecule has 0 aromatic carbocycles. The van der Waals surface area contributed by atoms with E-state index in [9.17, 15) is 14.4 Å². The van der Waals surface area contributed by atoms with E-state index in [-0.39, 0.29) is 42.3 Å². The Hall–Kier alpha value is -1.43. The summed E-state index contributed by atoms with van der Waals surface area (Å²) in [5, 5.41) is 5.71. The molecule has 0 bridgehead atoms. The van der Waals surface area contributed by atoms with Crippen molar-refractivity contribution in [1.29, 1.82) is 0 Å². The molecule has 6 heteroatoms. The lowest BCUT2D eigenvalue weighted by Crippen LogP contribution is -2.49. The molecule has 1 rings (SSSR count). The van der Waals surface area contributed by atoms with Crippen molar-refractivity contribution in [2.45, 2.75) is 71.5 Å². The fourth-order valence-electron chi connectivity index (χ4n) is 2.53. The number of carbonyl (C=O) groups is 3. The van der Waals surface area contributed by atoms with Gasteiger partial charge in [-0.3, -0.25) is 24.6 Å². The first-order valence-electron chi connectivity index (χ1n) is 7.59. The van der Waals surface area contributed by atoms with Gasteiger partial charge in [0.2, 0.25) is 17.7 Å². The summed E-state index contributed by atoms with van der Waals surface area (Å²) < 4.78 is 0. The lowest BCUT2D eigenvalue weighted by atomic mass is 10.1. The van der Waals surface area contributed by atoms with Gasteiger partial charge in [0.1, 0.15) is 0 Å². The predicted octanol–water partition coefficient (Wildman–Crippen LogP) is 0.807. The van der Waals surface area contributed by atoms with Crippen LogP contribution >= 0.6 is 0 Å². The Morgan fingerprint density at radius 1 is 1.29 bits per heavy atom.